The molecule has 30 heavy (non-hydrogen) atoms. The third-order valence-corrected chi connectivity index (χ3v) is 6.15. The predicted octanol–water partition coefficient (Wildman–Crippen LogP) is 4.94. The van der Waals surface area contributed by atoms with Gasteiger partial charge in [0.2, 0.25) is 0 Å². The number of aryl methyl sites for hydroxylation is 1. The van der Waals surface area contributed by atoms with Gasteiger partial charge in [-0.15, -0.1) is 11.8 Å². The van der Waals surface area contributed by atoms with Gasteiger partial charge in [-0.2, -0.15) is 0 Å². The molecule has 5 heteroatoms. The summed E-state index contributed by atoms with van der Waals surface area (Å²) in [5.74, 6) is 0.223. The number of nitrogens with one attached hydrogen (secondary N) is 1. The Morgan fingerprint density at radius 2 is 1.77 bits per heavy atom. The minimum atomic E-state index is -0.791. The van der Waals surface area contributed by atoms with Crippen LogP contribution in [0.2, 0.25) is 0 Å². The van der Waals surface area contributed by atoms with E-state index < -0.39 is 11.6 Å². The van der Waals surface area contributed by atoms with E-state index in [-0.39, 0.29) is 12.5 Å². The van der Waals surface area contributed by atoms with Crippen molar-refractivity contribution in [2.45, 2.75) is 68.9 Å². The van der Waals surface area contributed by atoms with Crippen molar-refractivity contribution in [2.24, 2.45) is 0 Å². The van der Waals surface area contributed by atoms with E-state index in [4.69, 9.17) is 5.11 Å². The second-order valence-electron chi connectivity index (χ2n) is 8.30. The summed E-state index contributed by atoms with van der Waals surface area (Å²) in [5.41, 5.74) is 1.74. The number of benzene rings is 2. The van der Waals surface area contributed by atoms with E-state index in [0.717, 1.165) is 44.4 Å². The minimum absolute atomic E-state index is 0.00219. The molecule has 0 saturated heterocycles. The van der Waals surface area contributed by atoms with Crippen LogP contribution in [0.5, 0.6) is 0 Å². The summed E-state index contributed by atoms with van der Waals surface area (Å²) in [4.78, 5) is 11.8. The van der Waals surface area contributed by atoms with Crippen molar-refractivity contribution in [1.82, 2.24) is 5.32 Å². The molecule has 2 aromatic carbocycles. The standard InChI is InChI=1S/C25H35NO3S/c1-25(2,29)23(19-21-11-5-3-6-12-21)26-16-17-30-22-14-9-13-20(18-22)10-7-4-8-15-24(27)28/h3,5-6,9,11-14,18,23,26,29H,4,7-8,10,15-17,19H2,1-2H3,(H,27,28)/t23-/m0/s1. The lowest BCUT2D eigenvalue weighted by atomic mass is 9.92. The maximum Gasteiger partial charge on any atom is 0.303 e. The molecule has 0 fully saturated rings. The zero-order valence-corrected chi connectivity index (χ0v) is 19.0. The molecule has 0 bridgehead atoms. The van der Waals surface area contributed by atoms with Gasteiger partial charge in [0.05, 0.1) is 5.60 Å². The summed E-state index contributed by atoms with van der Waals surface area (Å²) < 4.78 is 0. The number of aliphatic carboxylic acids is 1. The van der Waals surface area contributed by atoms with Crippen LogP contribution in [0, 0.1) is 0 Å². The molecular weight excluding hydrogens is 394 g/mol. The van der Waals surface area contributed by atoms with Gasteiger partial charge in [-0.1, -0.05) is 48.9 Å². The molecule has 2 aromatic rings. The van der Waals surface area contributed by atoms with Crippen molar-refractivity contribution in [3.63, 3.8) is 0 Å². The highest BCUT2D eigenvalue weighted by molar-refractivity contribution is 7.99. The van der Waals surface area contributed by atoms with Crippen molar-refractivity contribution < 1.29 is 15.0 Å². The van der Waals surface area contributed by atoms with Crippen molar-refractivity contribution >= 4 is 17.7 Å². The van der Waals surface area contributed by atoms with Crippen LogP contribution in [-0.2, 0) is 17.6 Å². The van der Waals surface area contributed by atoms with Crippen molar-refractivity contribution in [1.29, 1.82) is 0 Å². The van der Waals surface area contributed by atoms with E-state index in [2.05, 4.69) is 41.7 Å². The molecule has 0 saturated carbocycles. The van der Waals surface area contributed by atoms with Crippen LogP contribution in [0.15, 0.2) is 59.5 Å². The molecule has 0 radical (unpaired) electrons. The fourth-order valence-electron chi connectivity index (χ4n) is 3.40. The van der Waals surface area contributed by atoms with E-state index in [1.807, 2.05) is 43.8 Å². The molecule has 0 spiro atoms. The largest absolute Gasteiger partial charge is 0.481 e. The number of aliphatic hydroxyl groups is 1. The van der Waals surface area contributed by atoms with Crippen LogP contribution in [-0.4, -0.2) is 40.1 Å². The Balaban J connectivity index is 1.75. The molecule has 4 nitrogen and oxygen atoms in total. The molecule has 0 aromatic heterocycles. The monoisotopic (exact) mass is 429 g/mol. The SMILES string of the molecule is CC(C)(O)[C@H](Cc1ccccc1)NCCSc1cccc(CCCCCC(=O)O)c1. The van der Waals surface area contributed by atoms with E-state index in [9.17, 15) is 9.90 Å². The number of carboxylic acids is 1. The Labute approximate surface area is 185 Å². The van der Waals surface area contributed by atoms with Crippen LogP contribution in [0.25, 0.3) is 0 Å². The van der Waals surface area contributed by atoms with Gasteiger partial charge in [0.25, 0.3) is 0 Å². The topological polar surface area (TPSA) is 69.6 Å². The normalized spacial score (nSPS) is 12.6. The molecule has 2 rings (SSSR count). The molecular formula is C25H35NO3S. The summed E-state index contributed by atoms with van der Waals surface area (Å²) in [6.45, 7) is 4.55. The fourth-order valence-corrected chi connectivity index (χ4v) is 4.26. The number of unbranched alkanes of at least 4 members (excludes halogenated alkanes) is 2. The number of rotatable bonds is 14. The summed E-state index contributed by atoms with van der Waals surface area (Å²) in [7, 11) is 0. The summed E-state index contributed by atoms with van der Waals surface area (Å²) in [6.07, 6.45) is 4.78. The average Bonchev–Trinajstić information content (AvgIpc) is 2.70. The van der Waals surface area contributed by atoms with Crippen molar-refractivity contribution in [3.05, 3.63) is 65.7 Å². The number of hydrogen-bond donors (Lipinski definition) is 3. The first-order chi connectivity index (χ1) is 14.3. The zero-order valence-electron chi connectivity index (χ0n) is 18.1. The third-order valence-electron chi connectivity index (χ3n) is 5.15. The van der Waals surface area contributed by atoms with Crippen molar-refractivity contribution in [2.75, 3.05) is 12.3 Å². The highest BCUT2D eigenvalue weighted by atomic mass is 32.2. The Morgan fingerprint density at radius 3 is 2.47 bits per heavy atom. The number of carbonyl (C=O) groups is 1. The molecule has 0 amide bonds. The molecule has 0 unspecified atom stereocenters. The smallest absolute Gasteiger partial charge is 0.303 e. The third kappa shape index (κ3) is 9.79. The van der Waals surface area contributed by atoms with Gasteiger partial charge in [-0.3, -0.25) is 4.79 Å². The Morgan fingerprint density at radius 1 is 1.03 bits per heavy atom. The van der Waals surface area contributed by atoms with Crippen molar-refractivity contribution in [3.8, 4) is 0 Å². The van der Waals surface area contributed by atoms with E-state index in [1.54, 1.807) is 0 Å². The first kappa shape index (κ1) is 24.4. The van der Waals surface area contributed by atoms with Crippen LogP contribution in [0.3, 0.4) is 0 Å². The second-order valence-corrected chi connectivity index (χ2v) is 9.47. The highest BCUT2D eigenvalue weighted by Gasteiger charge is 2.26. The lowest BCUT2D eigenvalue weighted by Crippen LogP contribution is -2.48. The zero-order chi connectivity index (χ0) is 21.8. The molecule has 3 N–H and O–H groups in total. The number of carboxylic acid groups (broad SMARTS) is 1. The first-order valence-corrected chi connectivity index (χ1v) is 11.8. The van der Waals surface area contributed by atoms with Gasteiger partial charge in [-0.25, -0.2) is 0 Å². The minimum Gasteiger partial charge on any atom is -0.481 e. The summed E-state index contributed by atoms with van der Waals surface area (Å²) in [5, 5.41) is 22.8. The molecule has 0 aliphatic carbocycles. The number of hydrogen-bond acceptors (Lipinski definition) is 4. The molecule has 0 heterocycles. The second kappa shape index (κ2) is 12.8. The van der Waals surface area contributed by atoms with Gasteiger partial charge in [0.15, 0.2) is 0 Å². The molecule has 1 atom stereocenters. The summed E-state index contributed by atoms with van der Waals surface area (Å²) >= 11 is 1.82. The van der Waals surface area contributed by atoms with Crippen LogP contribution in [0.4, 0.5) is 0 Å². The van der Waals surface area contributed by atoms with E-state index >= 15 is 0 Å². The molecule has 0 aliphatic heterocycles. The molecule has 0 aliphatic rings. The van der Waals surface area contributed by atoms with Crippen LogP contribution < -0.4 is 5.32 Å². The Hall–Kier alpha value is -1.82. The average molecular weight is 430 g/mol. The summed E-state index contributed by atoms with van der Waals surface area (Å²) in [6, 6.07) is 18.9. The van der Waals surface area contributed by atoms with Crippen LogP contribution >= 0.6 is 11.8 Å². The lowest BCUT2D eigenvalue weighted by Gasteiger charge is -2.30. The Kier molecular flexibility index (Phi) is 10.4. The van der Waals surface area contributed by atoms with E-state index in [0.29, 0.717) is 0 Å². The maximum atomic E-state index is 10.6. The quantitative estimate of drug-likeness (QED) is 0.293. The predicted molar refractivity (Wildman–Crippen MR) is 125 cm³/mol. The Bertz CT molecular complexity index is 758. The van der Waals surface area contributed by atoms with Gasteiger partial charge >= 0.3 is 5.97 Å². The van der Waals surface area contributed by atoms with Gasteiger partial charge in [-0.05, 0) is 62.8 Å². The fraction of sp³-hybridized carbons (Fsp3) is 0.480. The lowest BCUT2D eigenvalue weighted by molar-refractivity contribution is -0.137. The van der Waals surface area contributed by atoms with Gasteiger partial charge in [0.1, 0.15) is 0 Å². The maximum absolute atomic E-state index is 10.6. The van der Waals surface area contributed by atoms with E-state index in [1.165, 1.54) is 16.0 Å². The van der Waals surface area contributed by atoms with Gasteiger partial charge in [0, 0.05) is 29.7 Å². The van der Waals surface area contributed by atoms with Gasteiger partial charge < -0.3 is 15.5 Å². The first-order valence-electron chi connectivity index (χ1n) is 10.8. The van der Waals surface area contributed by atoms with Crippen LogP contribution in [0.1, 0.15) is 50.7 Å². The highest BCUT2D eigenvalue weighted by Crippen LogP contribution is 2.21. The number of thioether (sulfide) groups is 1. The molecule has 164 valence electrons.